The van der Waals surface area contributed by atoms with Crippen LogP contribution in [-0.2, 0) is 17.1 Å². The zero-order valence-electron chi connectivity index (χ0n) is 22.1. The number of nitrogens with zero attached hydrogens (tertiary/aromatic N) is 3. The largest absolute Gasteiger partial charge is 0.473 e. The van der Waals surface area contributed by atoms with Gasteiger partial charge in [-0.25, -0.2) is 8.42 Å². The van der Waals surface area contributed by atoms with Gasteiger partial charge in [0.05, 0.1) is 29.3 Å². The smallest absolute Gasteiger partial charge is 0.258 e. The van der Waals surface area contributed by atoms with Crippen LogP contribution in [0.2, 0.25) is 0 Å². The standard InChI is InChI=1S/C28H35N5O5S/c1-32-12-7-19-17-24(30-27(25(19)32)38-21-3-2-4-21)29-26(35)22-6-5-20(31-39(36,37)16-15-34)18-23(22)33-13-10-28(8-9-28)11-14-33/h5-7,12,17-18,21,31,34H,2-4,8-11,13-16H2,1H3,(H,29,30,35). The molecule has 1 aromatic carbocycles. The molecule has 0 unspecified atom stereocenters. The van der Waals surface area contributed by atoms with E-state index in [1.54, 1.807) is 18.2 Å². The molecule has 39 heavy (non-hydrogen) atoms. The number of benzene rings is 1. The first-order chi connectivity index (χ1) is 18.7. The van der Waals surface area contributed by atoms with Crippen LogP contribution in [0.3, 0.4) is 0 Å². The van der Waals surface area contributed by atoms with E-state index in [-0.39, 0.29) is 12.0 Å². The molecule has 3 aliphatic rings. The van der Waals surface area contributed by atoms with Crippen LogP contribution in [0.25, 0.3) is 10.9 Å². The monoisotopic (exact) mass is 553 g/mol. The average molecular weight is 554 g/mol. The van der Waals surface area contributed by atoms with Gasteiger partial charge in [-0.2, -0.15) is 4.98 Å². The number of aliphatic hydroxyl groups is 1. The molecule has 2 saturated carbocycles. The van der Waals surface area contributed by atoms with Gasteiger partial charge in [-0.3, -0.25) is 9.52 Å². The molecular weight excluding hydrogens is 518 g/mol. The molecule has 3 aromatic rings. The number of piperidine rings is 1. The van der Waals surface area contributed by atoms with E-state index in [2.05, 4.69) is 19.9 Å². The van der Waals surface area contributed by atoms with Crippen molar-refractivity contribution in [3.05, 3.63) is 42.1 Å². The van der Waals surface area contributed by atoms with E-state index in [4.69, 9.17) is 9.84 Å². The molecule has 3 N–H and O–H groups in total. The molecule has 1 aliphatic heterocycles. The fourth-order valence-corrected chi connectivity index (χ4v) is 6.39. The van der Waals surface area contributed by atoms with Crippen molar-refractivity contribution in [1.29, 1.82) is 0 Å². The number of ether oxygens (including phenoxy) is 1. The number of anilines is 3. The molecule has 0 bridgehead atoms. The highest BCUT2D eigenvalue weighted by Gasteiger charge is 2.44. The minimum absolute atomic E-state index is 0.143. The summed E-state index contributed by atoms with van der Waals surface area (Å²) in [5.74, 6) is 0.205. The van der Waals surface area contributed by atoms with Gasteiger partial charge in [-0.1, -0.05) is 0 Å². The Morgan fingerprint density at radius 2 is 1.92 bits per heavy atom. The maximum Gasteiger partial charge on any atom is 0.258 e. The number of rotatable bonds is 9. The maximum atomic E-state index is 13.7. The van der Waals surface area contributed by atoms with Gasteiger partial charge in [0, 0.05) is 31.7 Å². The molecule has 1 saturated heterocycles. The molecular formula is C28H35N5O5S. The molecule has 3 heterocycles. The van der Waals surface area contributed by atoms with Crippen LogP contribution >= 0.6 is 0 Å². The number of carbonyl (C=O) groups is 1. The van der Waals surface area contributed by atoms with Crippen molar-refractivity contribution >= 4 is 44.0 Å². The van der Waals surface area contributed by atoms with Crippen LogP contribution in [0.1, 0.15) is 55.3 Å². The van der Waals surface area contributed by atoms with Gasteiger partial charge < -0.3 is 24.6 Å². The van der Waals surface area contributed by atoms with Gasteiger partial charge in [-0.05, 0) is 80.7 Å². The lowest BCUT2D eigenvalue weighted by molar-refractivity contribution is 0.102. The van der Waals surface area contributed by atoms with Gasteiger partial charge in [0.1, 0.15) is 17.4 Å². The first kappa shape index (κ1) is 25.9. The van der Waals surface area contributed by atoms with E-state index in [9.17, 15) is 13.2 Å². The second kappa shape index (κ2) is 10.0. The first-order valence-corrected chi connectivity index (χ1v) is 15.3. The highest BCUT2D eigenvalue weighted by molar-refractivity contribution is 7.92. The van der Waals surface area contributed by atoms with E-state index >= 15 is 0 Å². The predicted octanol–water partition coefficient (Wildman–Crippen LogP) is 3.87. The third-order valence-electron chi connectivity index (χ3n) is 8.39. The number of carbonyl (C=O) groups excluding carboxylic acids is 1. The molecule has 6 rings (SSSR count). The summed E-state index contributed by atoms with van der Waals surface area (Å²) in [6.45, 7) is 1.14. The minimum Gasteiger partial charge on any atom is -0.473 e. The highest BCUT2D eigenvalue weighted by atomic mass is 32.2. The Bertz CT molecular complexity index is 1500. The lowest BCUT2D eigenvalue weighted by Crippen LogP contribution is -2.35. The highest BCUT2D eigenvalue weighted by Crippen LogP contribution is 2.54. The van der Waals surface area contributed by atoms with Gasteiger partial charge in [0.25, 0.3) is 5.91 Å². The number of pyridine rings is 1. The Morgan fingerprint density at radius 1 is 1.15 bits per heavy atom. The lowest BCUT2D eigenvalue weighted by Gasteiger charge is -2.35. The molecule has 3 fully saturated rings. The molecule has 11 heteroatoms. The van der Waals surface area contributed by atoms with Gasteiger partial charge in [0.15, 0.2) is 0 Å². The van der Waals surface area contributed by atoms with Crippen LogP contribution in [0.15, 0.2) is 36.5 Å². The number of aromatic nitrogens is 2. The first-order valence-electron chi connectivity index (χ1n) is 13.7. The number of aryl methyl sites for hydroxylation is 1. The Kier molecular flexibility index (Phi) is 6.66. The third kappa shape index (κ3) is 5.42. The van der Waals surface area contributed by atoms with Crippen molar-refractivity contribution in [1.82, 2.24) is 9.55 Å². The van der Waals surface area contributed by atoms with Crippen LogP contribution in [0, 0.1) is 5.41 Å². The summed E-state index contributed by atoms with van der Waals surface area (Å²) < 4.78 is 35.3. The molecule has 1 spiro atoms. The number of hydrogen-bond donors (Lipinski definition) is 3. The molecule has 1 amide bonds. The number of nitrogens with one attached hydrogen (secondary N) is 2. The van der Waals surface area contributed by atoms with E-state index < -0.39 is 22.4 Å². The number of fused-ring (bicyclic) bond motifs is 1. The summed E-state index contributed by atoms with van der Waals surface area (Å²) >= 11 is 0. The van der Waals surface area contributed by atoms with Crippen molar-refractivity contribution in [3.8, 4) is 5.88 Å². The zero-order valence-corrected chi connectivity index (χ0v) is 23.0. The van der Waals surface area contributed by atoms with Crippen LogP contribution in [0.4, 0.5) is 17.2 Å². The van der Waals surface area contributed by atoms with Crippen molar-refractivity contribution in [2.24, 2.45) is 12.5 Å². The van der Waals surface area contributed by atoms with Crippen molar-refractivity contribution in [2.75, 3.05) is 40.4 Å². The Morgan fingerprint density at radius 3 is 2.59 bits per heavy atom. The molecule has 0 atom stereocenters. The Labute approximate surface area is 228 Å². The van der Waals surface area contributed by atoms with Crippen LogP contribution < -0.4 is 19.7 Å². The molecule has 0 radical (unpaired) electrons. The normalized spacial score (nSPS) is 18.7. The number of hydrogen-bond acceptors (Lipinski definition) is 7. The molecule has 2 aliphatic carbocycles. The van der Waals surface area contributed by atoms with E-state index in [0.29, 0.717) is 34.1 Å². The average Bonchev–Trinajstić information content (AvgIpc) is 3.52. The summed E-state index contributed by atoms with van der Waals surface area (Å²) in [7, 11) is -1.75. The second-order valence-corrected chi connectivity index (χ2v) is 13.0. The maximum absolute atomic E-state index is 13.7. The van der Waals surface area contributed by atoms with Crippen molar-refractivity contribution in [3.63, 3.8) is 0 Å². The summed E-state index contributed by atoms with van der Waals surface area (Å²) in [6, 6.07) is 8.76. The van der Waals surface area contributed by atoms with Gasteiger partial charge >= 0.3 is 0 Å². The summed E-state index contributed by atoms with van der Waals surface area (Å²) in [6.07, 6.45) is 9.86. The quantitative estimate of drug-likeness (QED) is 0.367. The van der Waals surface area contributed by atoms with E-state index in [1.807, 2.05) is 29.9 Å². The Hall–Kier alpha value is -3.31. The van der Waals surface area contributed by atoms with Crippen LogP contribution in [-0.4, -0.2) is 60.5 Å². The van der Waals surface area contributed by atoms with Crippen molar-refractivity contribution < 1.29 is 23.1 Å². The summed E-state index contributed by atoms with van der Waals surface area (Å²) in [4.78, 5) is 20.5. The topological polar surface area (TPSA) is 126 Å². The van der Waals surface area contributed by atoms with E-state index in [0.717, 1.165) is 56.1 Å². The van der Waals surface area contributed by atoms with Gasteiger partial charge in [0.2, 0.25) is 15.9 Å². The van der Waals surface area contributed by atoms with Crippen LogP contribution in [0.5, 0.6) is 5.88 Å². The van der Waals surface area contributed by atoms with E-state index in [1.165, 1.54) is 12.8 Å². The predicted molar refractivity (Wildman–Crippen MR) is 151 cm³/mol. The van der Waals surface area contributed by atoms with Gasteiger partial charge in [-0.15, -0.1) is 0 Å². The SMILES string of the molecule is Cn1ccc2cc(NC(=O)c3ccc(NS(=O)(=O)CCO)cc3N3CCC4(CC3)CC4)nc(OC3CCC3)c21. The minimum atomic E-state index is -3.70. The number of aliphatic hydroxyl groups excluding tert-OH is 1. The number of amides is 1. The van der Waals surface area contributed by atoms with Crippen molar-refractivity contribution in [2.45, 2.75) is 51.0 Å². The summed E-state index contributed by atoms with van der Waals surface area (Å²) in [5, 5.41) is 13.0. The fraction of sp³-hybridized carbons (Fsp3) is 0.500. The lowest BCUT2D eigenvalue weighted by atomic mass is 9.93. The fourth-order valence-electron chi connectivity index (χ4n) is 5.56. The zero-order chi connectivity index (χ0) is 27.2. The second-order valence-electron chi connectivity index (χ2n) is 11.2. The Balaban J connectivity index is 1.30. The molecule has 10 nitrogen and oxygen atoms in total. The number of sulfonamides is 1. The summed E-state index contributed by atoms with van der Waals surface area (Å²) in [5.41, 5.74) is 2.83. The molecule has 2 aromatic heterocycles. The third-order valence-corrected chi connectivity index (χ3v) is 9.66. The molecule has 208 valence electrons.